The Bertz CT molecular complexity index is 712. The van der Waals surface area contributed by atoms with Gasteiger partial charge in [-0.1, -0.05) is 12.1 Å². The maximum absolute atomic E-state index is 12.4. The second kappa shape index (κ2) is 7.75. The van der Waals surface area contributed by atoms with Gasteiger partial charge in [0.15, 0.2) is 11.6 Å². The normalized spacial score (nSPS) is 19.7. The Balaban J connectivity index is 1.60. The number of amides is 1. The number of aromatic amines is 1. The summed E-state index contributed by atoms with van der Waals surface area (Å²) >= 11 is 0. The largest absolute Gasteiger partial charge is 0.367 e. The van der Waals surface area contributed by atoms with E-state index in [4.69, 9.17) is 9.26 Å². The van der Waals surface area contributed by atoms with Crippen molar-refractivity contribution in [2.45, 2.75) is 45.8 Å². The molecule has 1 aliphatic heterocycles. The van der Waals surface area contributed by atoms with Crippen molar-refractivity contribution in [2.24, 2.45) is 0 Å². The first-order valence-electron chi connectivity index (χ1n) is 8.57. The molecule has 0 aromatic carbocycles. The summed E-state index contributed by atoms with van der Waals surface area (Å²) in [4.78, 5) is 19.0. The first kappa shape index (κ1) is 17.6. The molecule has 1 amide bonds. The van der Waals surface area contributed by atoms with Crippen LogP contribution in [0.1, 0.15) is 43.8 Å². The van der Waals surface area contributed by atoms with Crippen LogP contribution < -0.4 is 5.32 Å². The Hall–Kier alpha value is -2.26. The third kappa shape index (κ3) is 4.23. The van der Waals surface area contributed by atoms with Crippen LogP contribution in [-0.4, -0.2) is 56.9 Å². The Morgan fingerprint density at radius 1 is 1.56 bits per heavy atom. The zero-order valence-electron chi connectivity index (χ0n) is 14.8. The molecule has 0 bridgehead atoms. The fourth-order valence-electron chi connectivity index (χ4n) is 2.80. The molecule has 2 atom stereocenters. The number of rotatable bonds is 6. The Labute approximate surface area is 146 Å². The maximum Gasteiger partial charge on any atom is 0.242 e. The third-order valence-corrected chi connectivity index (χ3v) is 4.23. The Morgan fingerprint density at radius 2 is 2.40 bits per heavy atom. The molecule has 3 heterocycles. The number of anilines is 1. The van der Waals surface area contributed by atoms with Crippen molar-refractivity contribution >= 4 is 11.7 Å². The molecule has 0 radical (unpaired) electrons. The van der Waals surface area contributed by atoms with Gasteiger partial charge in [-0.25, -0.2) is 4.98 Å². The molecule has 9 nitrogen and oxygen atoms in total. The summed E-state index contributed by atoms with van der Waals surface area (Å²) in [5, 5.41) is 13.8. The van der Waals surface area contributed by atoms with Gasteiger partial charge < -0.3 is 14.6 Å². The van der Waals surface area contributed by atoms with Crippen LogP contribution in [0.3, 0.4) is 0 Å². The number of hydrogen-bond donors (Lipinski definition) is 2. The lowest BCUT2D eigenvalue weighted by Crippen LogP contribution is -2.48. The molecule has 2 aromatic heterocycles. The van der Waals surface area contributed by atoms with Gasteiger partial charge in [-0.3, -0.25) is 14.8 Å². The molecule has 0 saturated carbocycles. The highest BCUT2D eigenvalue weighted by Crippen LogP contribution is 2.21. The maximum atomic E-state index is 12.4. The summed E-state index contributed by atoms with van der Waals surface area (Å²) in [6, 6.07) is 1.37. The third-order valence-electron chi connectivity index (χ3n) is 4.23. The highest BCUT2D eigenvalue weighted by atomic mass is 16.5. The van der Waals surface area contributed by atoms with Crippen LogP contribution in [0.5, 0.6) is 0 Å². The molecule has 3 rings (SSSR count). The van der Waals surface area contributed by atoms with E-state index in [2.05, 4.69) is 37.5 Å². The summed E-state index contributed by atoms with van der Waals surface area (Å²) in [5.74, 6) is 2.47. The average molecular weight is 348 g/mol. The van der Waals surface area contributed by atoms with Crippen LogP contribution in [0, 0.1) is 6.92 Å². The van der Waals surface area contributed by atoms with Crippen LogP contribution >= 0.6 is 0 Å². The number of H-pyrrole nitrogens is 1. The van der Waals surface area contributed by atoms with E-state index in [1.54, 1.807) is 13.0 Å². The van der Waals surface area contributed by atoms with Gasteiger partial charge in [0.1, 0.15) is 17.7 Å². The molecule has 9 heteroatoms. The van der Waals surface area contributed by atoms with E-state index < -0.39 is 0 Å². The van der Waals surface area contributed by atoms with Crippen molar-refractivity contribution < 1.29 is 14.1 Å². The summed E-state index contributed by atoms with van der Waals surface area (Å²) in [6.45, 7) is 7.51. The van der Waals surface area contributed by atoms with Crippen molar-refractivity contribution in [2.75, 3.05) is 25.0 Å². The van der Waals surface area contributed by atoms with Gasteiger partial charge in [0.05, 0.1) is 12.6 Å². The predicted octanol–water partition coefficient (Wildman–Crippen LogP) is 1.45. The second-order valence-corrected chi connectivity index (χ2v) is 6.23. The Kier molecular flexibility index (Phi) is 5.44. The summed E-state index contributed by atoms with van der Waals surface area (Å²) in [6.07, 6.45) is 1.63. The fourth-order valence-corrected chi connectivity index (χ4v) is 2.80. The molecule has 136 valence electrons. The number of hydrogen-bond acceptors (Lipinski definition) is 7. The summed E-state index contributed by atoms with van der Waals surface area (Å²) in [5.41, 5.74) is 0. The van der Waals surface area contributed by atoms with E-state index in [1.165, 1.54) is 0 Å². The molecule has 0 aliphatic carbocycles. The van der Waals surface area contributed by atoms with Crippen molar-refractivity contribution in [1.82, 2.24) is 25.2 Å². The first-order valence-corrected chi connectivity index (χ1v) is 8.57. The van der Waals surface area contributed by atoms with Crippen molar-refractivity contribution in [3.63, 3.8) is 0 Å². The van der Waals surface area contributed by atoms with Gasteiger partial charge in [0.2, 0.25) is 5.91 Å². The van der Waals surface area contributed by atoms with Crippen molar-refractivity contribution in [3.8, 4) is 0 Å². The zero-order chi connectivity index (χ0) is 17.8. The molecule has 2 N–H and O–H groups in total. The second-order valence-electron chi connectivity index (χ2n) is 6.23. The van der Waals surface area contributed by atoms with Gasteiger partial charge in [0, 0.05) is 25.6 Å². The average Bonchev–Trinajstić information content (AvgIpc) is 3.24. The smallest absolute Gasteiger partial charge is 0.242 e. The van der Waals surface area contributed by atoms with Gasteiger partial charge in [0.25, 0.3) is 0 Å². The lowest BCUT2D eigenvalue weighted by atomic mass is 10.2. The van der Waals surface area contributed by atoms with Crippen LogP contribution in [0.25, 0.3) is 0 Å². The van der Waals surface area contributed by atoms with Gasteiger partial charge in [-0.2, -0.15) is 5.10 Å². The van der Waals surface area contributed by atoms with Crippen LogP contribution in [0.15, 0.2) is 10.6 Å². The molecule has 1 fully saturated rings. The molecule has 0 spiro atoms. The first-order chi connectivity index (χ1) is 12.1. The number of ether oxygens (including phenoxy) is 1. The van der Waals surface area contributed by atoms with Crippen molar-refractivity contribution in [1.29, 1.82) is 0 Å². The number of morpholine rings is 1. The SMILES string of the molecule is CCCc1nc([C@H]2CN([C@@H](C)C(=O)Nc3cc(C)on3)CCO2)n[nH]1. The lowest BCUT2D eigenvalue weighted by Gasteiger charge is -2.34. The zero-order valence-corrected chi connectivity index (χ0v) is 14.8. The topological polar surface area (TPSA) is 109 Å². The summed E-state index contributed by atoms with van der Waals surface area (Å²) in [7, 11) is 0. The number of nitrogens with zero attached hydrogens (tertiary/aromatic N) is 4. The molecular weight excluding hydrogens is 324 g/mol. The summed E-state index contributed by atoms with van der Waals surface area (Å²) < 4.78 is 10.8. The van der Waals surface area contributed by atoms with Crippen LogP contribution in [0.2, 0.25) is 0 Å². The molecule has 0 unspecified atom stereocenters. The van der Waals surface area contributed by atoms with E-state index in [-0.39, 0.29) is 18.1 Å². The van der Waals surface area contributed by atoms with E-state index in [0.717, 1.165) is 18.7 Å². The lowest BCUT2D eigenvalue weighted by molar-refractivity contribution is -0.124. The number of carbonyl (C=O) groups excluding carboxylic acids is 1. The van der Waals surface area contributed by atoms with Gasteiger partial charge in [-0.15, -0.1) is 0 Å². The highest BCUT2D eigenvalue weighted by Gasteiger charge is 2.31. The molecular formula is C16H24N6O3. The molecule has 1 aliphatic rings. The van der Waals surface area contributed by atoms with Crippen LogP contribution in [0.4, 0.5) is 5.82 Å². The van der Waals surface area contributed by atoms with Gasteiger partial charge >= 0.3 is 0 Å². The number of aryl methyl sites for hydroxylation is 2. The highest BCUT2D eigenvalue weighted by molar-refractivity contribution is 5.93. The van der Waals surface area contributed by atoms with Crippen LogP contribution in [-0.2, 0) is 16.0 Å². The van der Waals surface area contributed by atoms with E-state index in [1.807, 2.05) is 6.92 Å². The van der Waals surface area contributed by atoms with E-state index >= 15 is 0 Å². The number of aromatic nitrogens is 4. The van der Waals surface area contributed by atoms with Gasteiger partial charge in [-0.05, 0) is 20.3 Å². The molecule has 1 saturated heterocycles. The predicted molar refractivity (Wildman–Crippen MR) is 90.0 cm³/mol. The molecule has 2 aromatic rings. The van der Waals surface area contributed by atoms with E-state index in [9.17, 15) is 4.79 Å². The Morgan fingerprint density at radius 3 is 3.12 bits per heavy atom. The number of carbonyl (C=O) groups is 1. The standard InChI is InChI=1S/C16H24N6O3/c1-4-5-13-17-15(20-19-13)12-9-22(6-7-24-12)11(3)16(23)18-14-8-10(2)25-21-14/h8,11-12H,4-7,9H2,1-3H3,(H,17,19,20)(H,18,21,23)/t11-,12+/m0/s1. The fraction of sp³-hybridized carbons (Fsp3) is 0.625. The van der Waals surface area contributed by atoms with Crippen molar-refractivity contribution in [3.05, 3.63) is 23.5 Å². The minimum Gasteiger partial charge on any atom is -0.367 e. The monoisotopic (exact) mass is 348 g/mol. The minimum atomic E-state index is -0.322. The van der Waals surface area contributed by atoms with E-state index in [0.29, 0.717) is 37.1 Å². The minimum absolute atomic E-state index is 0.129. The number of nitrogens with one attached hydrogen (secondary N) is 2. The quantitative estimate of drug-likeness (QED) is 0.813. The molecule has 25 heavy (non-hydrogen) atoms.